The minimum atomic E-state index is 0.405. The topological polar surface area (TPSA) is 35.5 Å². The summed E-state index contributed by atoms with van der Waals surface area (Å²) >= 11 is 0. The Hall–Kier alpha value is -1.58. The molecule has 3 heteroatoms. The molecule has 3 nitrogen and oxygen atoms in total. The van der Waals surface area contributed by atoms with Crippen LogP contribution in [0.4, 0.5) is 0 Å². The van der Waals surface area contributed by atoms with Crippen LogP contribution in [0.1, 0.15) is 19.4 Å². The molecule has 2 aromatic carbocycles. The normalized spacial score (nSPS) is 24.1. The van der Waals surface area contributed by atoms with Crippen LogP contribution >= 0.6 is 0 Å². The first-order valence-corrected chi connectivity index (χ1v) is 7.32. The quantitative estimate of drug-likeness (QED) is 0.881. The summed E-state index contributed by atoms with van der Waals surface area (Å²) in [4.78, 5) is 2.45. The Labute approximate surface area is 120 Å². The number of piperazine rings is 1. The van der Waals surface area contributed by atoms with Crippen molar-refractivity contribution in [3.8, 4) is 5.75 Å². The van der Waals surface area contributed by atoms with Gasteiger partial charge in [0.05, 0.1) is 0 Å². The zero-order valence-corrected chi connectivity index (χ0v) is 12.1. The van der Waals surface area contributed by atoms with Crippen molar-refractivity contribution in [1.29, 1.82) is 0 Å². The zero-order valence-electron chi connectivity index (χ0n) is 12.1. The van der Waals surface area contributed by atoms with Crippen molar-refractivity contribution < 1.29 is 5.11 Å². The standard InChI is InChI=1S/C17H22N2O/c1-12-10-19(13(2)9-18-12)11-16-15-6-4-3-5-14(15)7-8-17(16)20/h3-8,12-13,18,20H,9-11H2,1-2H3. The average molecular weight is 270 g/mol. The molecule has 0 saturated carbocycles. The van der Waals surface area contributed by atoms with Crippen LogP contribution in [0.15, 0.2) is 36.4 Å². The van der Waals surface area contributed by atoms with Gasteiger partial charge in [0.2, 0.25) is 0 Å². The summed E-state index contributed by atoms with van der Waals surface area (Å²) in [5.74, 6) is 0.405. The lowest BCUT2D eigenvalue weighted by Gasteiger charge is -2.37. The summed E-state index contributed by atoms with van der Waals surface area (Å²) in [6, 6.07) is 13.1. The lowest BCUT2D eigenvalue weighted by atomic mass is 10.0. The lowest BCUT2D eigenvalue weighted by molar-refractivity contribution is 0.138. The maximum absolute atomic E-state index is 10.2. The summed E-state index contributed by atoms with van der Waals surface area (Å²) < 4.78 is 0. The molecular formula is C17H22N2O. The number of phenols is 1. The van der Waals surface area contributed by atoms with Gasteiger partial charge in [0.25, 0.3) is 0 Å². The van der Waals surface area contributed by atoms with Gasteiger partial charge in [-0.05, 0) is 30.7 Å². The molecule has 2 aromatic rings. The van der Waals surface area contributed by atoms with Crippen molar-refractivity contribution in [1.82, 2.24) is 10.2 Å². The summed E-state index contributed by atoms with van der Waals surface area (Å²) in [5, 5.41) is 16.1. The Bertz CT molecular complexity index is 611. The van der Waals surface area contributed by atoms with Gasteiger partial charge in [-0.1, -0.05) is 30.3 Å². The Balaban J connectivity index is 1.95. The number of phenolic OH excluding ortho intramolecular Hbond substituents is 1. The fraction of sp³-hybridized carbons (Fsp3) is 0.412. The Morgan fingerprint density at radius 2 is 2.00 bits per heavy atom. The van der Waals surface area contributed by atoms with Gasteiger partial charge in [0.15, 0.2) is 0 Å². The molecule has 0 bridgehead atoms. The highest BCUT2D eigenvalue weighted by Crippen LogP contribution is 2.29. The van der Waals surface area contributed by atoms with Gasteiger partial charge in [-0.3, -0.25) is 4.90 Å². The van der Waals surface area contributed by atoms with E-state index in [1.54, 1.807) is 0 Å². The van der Waals surface area contributed by atoms with Crippen LogP contribution < -0.4 is 5.32 Å². The van der Waals surface area contributed by atoms with Crippen LogP contribution in [-0.4, -0.2) is 35.2 Å². The van der Waals surface area contributed by atoms with Crippen molar-refractivity contribution in [2.45, 2.75) is 32.5 Å². The molecule has 0 spiro atoms. The highest BCUT2D eigenvalue weighted by Gasteiger charge is 2.23. The number of hydrogen-bond donors (Lipinski definition) is 2. The molecular weight excluding hydrogens is 248 g/mol. The molecule has 0 aromatic heterocycles. The van der Waals surface area contributed by atoms with Gasteiger partial charge >= 0.3 is 0 Å². The van der Waals surface area contributed by atoms with Gasteiger partial charge in [0, 0.05) is 37.3 Å². The summed E-state index contributed by atoms with van der Waals surface area (Å²) in [5.41, 5.74) is 1.05. The van der Waals surface area contributed by atoms with E-state index in [9.17, 15) is 5.11 Å². The second kappa shape index (κ2) is 5.43. The molecule has 0 amide bonds. The fourth-order valence-electron chi connectivity index (χ4n) is 3.01. The van der Waals surface area contributed by atoms with E-state index in [0.29, 0.717) is 17.8 Å². The van der Waals surface area contributed by atoms with E-state index in [-0.39, 0.29) is 0 Å². The van der Waals surface area contributed by atoms with E-state index >= 15 is 0 Å². The molecule has 1 aliphatic heterocycles. The van der Waals surface area contributed by atoms with Crippen LogP contribution in [-0.2, 0) is 6.54 Å². The number of rotatable bonds is 2. The summed E-state index contributed by atoms with van der Waals surface area (Å²) in [7, 11) is 0. The van der Waals surface area contributed by atoms with Gasteiger partial charge in [-0.25, -0.2) is 0 Å². The SMILES string of the molecule is CC1CN(Cc2c(O)ccc3ccccc23)C(C)CN1. The largest absolute Gasteiger partial charge is 0.508 e. The van der Waals surface area contributed by atoms with Crippen molar-refractivity contribution in [2.75, 3.05) is 13.1 Å². The molecule has 1 saturated heterocycles. The number of nitrogens with one attached hydrogen (secondary N) is 1. The molecule has 0 radical (unpaired) electrons. The van der Waals surface area contributed by atoms with E-state index in [1.807, 2.05) is 24.3 Å². The van der Waals surface area contributed by atoms with Gasteiger partial charge in [-0.2, -0.15) is 0 Å². The second-order valence-corrected chi connectivity index (χ2v) is 5.87. The van der Waals surface area contributed by atoms with E-state index < -0.39 is 0 Å². The van der Waals surface area contributed by atoms with E-state index in [2.05, 4.69) is 36.2 Å². The summed E-state index contributed by atoms with van der Waals surface area (Å²) in [6.07, 6.45) is 0. The van der Waals surface area contributed by atoms with E-state index in [0.717, 1.165) is 30.6 Å². The molecule has 106 valence electrons. The van der Waals surface area contributed by atoms with E-state index in [1.165, 1.54) is 5.39 Å². The predicted octanol–water partition coefficient (Wildman–Crippen LogP) is 2.73. The van der Waals surface area contributed by atoms with Crippen LogP contribution in [0.2, 0.25) is 0 Å². The summed E-state index contributed by atoms with van der Waals surface area (Å²) in [6.45, 7) is 7.28. The first-order chi connectivity index (χ1) is 9.65. The fourth-order valence-corrected chi connectivity index (χ4v) is 3.01. The Morgan fingerprint density at radius 1 is 1.20 bits per heavy atom. The molecule has 20 heavy (non-hydrogen) atoms. The van der Waals surface area contributed by atoms with Gasteiger partial charge in [-0.15, -0.1) is 0 Å². The first kappa shape index (κ1) is 13.4. The van der Waals surface area contributed by atoms with Crippen molar-refractivity contribution >= 4 is 10.8 Å². The second-order valence-electron chi connectivity index (χ2n) is 5.87. The minimum absolute atomic E-state index is 0.405. The van der Waals surface area contributed by atoms with E-state index in [4.69, 9.17) is 0 Å². The molecule has 3 rings (SSSR count). The van der Waals surface area contributed by atoms with Crippen LogP contribution in [0.3, 0.4) is 0 Å². The third kappa shape index (κ3) is 2.51. The maximum Gasteiger partial charge on any atom is 0.120 e. The molecule has 0 aliphatic carbocycles. The number of hydrogen-bond acceptors (Lipinski definition) is 3. The number of aromatic hydroxyl groups is 1. The van der Waals surface area contributed by atoms with Gasteiger partial charge < -0.3 is 10.4 Å². The van der Waals surface area contributed by atoms with Crippen molar-refractivity contribution in [3.05, 3.63) is 42.0 Å². The van der Waals surface area contributed by atoms with Crippen LogP contribution in [0, 0.1) is 0 Å². The first-order valence-electron chi connectivity index (χ1n) is 7.32. The number of fused-ring (bicyclic) bond motifs is 1. The molecule has 1 fully saturated rings. The molecule has 2 unspecified atom stereocenters. The zero-order chi connectivity index (χ0) is 14.1. The number of benzene rings is 2. The Kier molecular flexibility index (Phi) is 3.64. The van der Waals surface area contributed by atoms with Crippen LogP contribution in [0.25, 0.3) is 10.8 Å². The van der Waals surface area contributed by atoms with Crippen molar-refractivity contribution in [2.24, 2.45) is 0 Å². The average Bonchev–Trinajstić information content (AvgIpc) is 2.46. The monoisotopic (exact) mass is 270 g/mol. The molecule has 2 N–H and O–H groups in total. The maximum atomic E-state index is 10.2. The molecule has 2 atom stereocenters. The third-order valence-electron chi connectivity index (χ3n) is 4.27. The highest BCUT2D eigenvalue weighted by molar-refractivity contribution is 5.87. The lowest BCUT2D eigenvalue weighted by Crippen LogP contribution is -2.53. The predicted molar refractivity (Wildman–Crippen MR) is 82.9 cm³/mol. The van der Waals surface area contributed by atoms with Crippen molar-refractivity contribution in [3.63, 3.8) is 0 Å². The molecule has 1 heterocycles. The smallest absolute Gasteiger partial charge is 0.120 e. The van der Waals surface area contributed by atoms with Gasteiger partial charge in [0.1, 0.15) is 5.75 Å². The Morgan fingerprint density at radius 3 is 2.85 bits per heavy atom. The molecule has 1 aliphatic rings. The number of nitrogens with zero attached hydrogens (tertiary/aromatic N) is 1. The third-order valence-corrected chi connectivity index (χ3v) is 4.27. The minimum Gasteiger partial charge on any atom is -0.508 e. The highest BCUT2D eigenvalue weighted by atomic mass is 16.3. The van der Waals surface area contributed by atoms with Crippen LogP contribution in [0.5, 0.6) is 5.75 Å².